The van der Waals surface area contributed by atoms with Crippen LogP contribution in [0.2, 0.25) is 10.0 Å². The first-order valence-corrected chi connectivity index (χ1v) is 43.5. The second-order valence-electron chi connectivity index (χ2n) is 31.3. The summed E-state index contributed by atoms with van der Waals surface area (Å²) in [5.74, 6) is -0.288. The number of carboxylic acids is 1. The molecule has 12 aromatic rings. The number of aryl methyl sites for hydroxylation is 2. The number of ether oxygens (including phenoxy) is 2. The number of thioether (sulfide) groups is 1. The standard InChI is InChI=1S/C27H23N5O4.C19H16Cl2N2O2S.C19H24N2O5.C18H12N4O3.C14H15NO/c1-17-10-11-24-22(12-17)23(15-25(36-24)18-6-3-2-4-7-18)30-31-26-13-19(16-28-26)27(33)29-20-8-5-9-21(14-20)32(34)35;1-11(9-23-18(24)10-26-19(23)25)8-22-16-4-2-12(20)6-14(16)15-7-13(21)3-5-17(15)22;1-2-11-26-15-5-3-14(4-6-15)21-17(22)12-16(18(21)23)20-9-7-13(8-10-20)19(24)25;23-22(24)16-11-10-15(17-18(16)21-25-20-17)19-14-9-5-4-8-13(14)12-6-2-1-3-7-12;1-3-11-4-6-12(7-5-11)9-13-8-10(2)15-14(13)16/h2-14,16,25-26,31H,15H2,1H3,(H,29,33);2-7,11H,8-10H2,1H3;3-6,13,16H,2,7-12H2,1H3,(H,24,25);1-11,19H;4-7,9H,2-3,8H2,1H3,(H,15,16)/b30-23+;;;;13-9+. The Bertz CT molecular complexity index is 6320. The summed E-state index contributed by atoms with van der Waals surface area (Å²) < 4.78 is 18.7. The summed E-state index contributed by atoms with van der Waals surface area (Å²) in [6, 6.07) is 68.9. The number of halogens is 2. The average Bonchev–Trinajstić information content (AvgIpc) is 1.63. The summed E-state index contributed by atoms with van der Waals surface area (Å²) >= 11 is 13.5. The minimum atomic E-state index is -0.787. The number of nitrogens with zero attached hydrogens (tertiary/aromatic N) is 10. The van der Waals surface area contributed by atoms with E-state index in [1.54, 1.807) is 42.5 Å². The number of imide groups is 2. The molecule has 8 heterocycles. The second-order valence-corrected chi connectivity index (χ2v) is 33.1. The molecule has 2 aromatic heterocycles. The van der Waals surface area contributed by atoms with Crippen molar-refractivity contribution in [1.29, 1.82) is 0 Å². The number of fused-ring (bicyclic) bond motifs is 5. The minimum absolute atomic E-state index is 0.0235. The van der Waals surface area contributed by atoms with E-state index in [1.807, 2.05) is 183 Å². The first-order valence-electron chi connectivity index (χ1n) is 41.8. The molecular weight excluding hydrogens is 1700 g/mol. The fraction of sp³-hybridized carbons (Fsp3) is 0.227. The number of amides is 6. The van der Waals surface area contributed by atoms with E-state index in [0.29, 0.717) is 102 Å². The van der Waals surface area contributed by atoms with Crippen molar-refractivity contribution in [2.45, 2.75) is 97.5 Å². The van der Waals surface area contributed by atoms with Crippen LogP contribution >= 0.6 is 35.0 Å². The van der Waals surface area contributed by atoms with Gasteiger partial charge in [-0.25, -0.2) is 9.53 Å². The van der Waals surface area contributed by atoms with Crippen LogP contribution in [0.1, 0.15) is 93.2 Å². The lowest BCUT2D eigenvalue weighted by atomic mass is 9.94. The van der Waals surface area contributed by atoms with Gasteiger partial charge < -0.3 is 35.1 Å². The van der Waals surface area contributed by atoms with Gasteiger partial charge in [0.1, 0.15) is 17.6 Å². The Kier molecular flexibility index (Phi) is 29.4. The lowest BCUT2D eigenvalue weighted by Crippen LogP contribution is -2.46. The minimum Gasteiger partial charge on any atom is -0.494 e. The lowest BCUT2D eigenvalue weighted by molar-refractivity contribution is -0.384. The molecule has 29 nitrogen and oxygen atoms in total. The number of non-ortho nitro benzene ring substituents is 2. The van der Waals surface area contributed by atoms with Crippen molar-refractivity contribution in [1.82, 2.24) is 35.4 Å². The number of rotatable bonds is 22. The molecule has 32 heteroatoms. The highest BCUT2D eigenvalue weighted by atomic mass is 35.5. The van der Waals surface area contributed by atoms with Gasteiger partial charge in [-0.3, -0.25) is 74.0 Å². The van der Waals surface area contributed by atoms with Crippen molar-refractivity contribution in [3.8, 4) is 22.6 Å². The third-order valence-electron chi connectivity index (χ3n) is 22.1. The number of aliphatic carboxylic acids is 1. The van der Waals surface area contributed by atoms with Crippen LogP contribution < -0.4 is 35.7 Å². The molecular formula is C97H90Cl2N14O15S. The fourth-order valence-corrected chi connectivity index (χ4v) is 16.7. The third kappa shape index (κ3) is 22.3. The molecule has 5 N–H and O–H groups in total. The van der Waals surface area contributed by atoms with Crippen molar-refractivity contribution in [3.05, 3.63) is 312 Å². The summed E-state index contributed by atoms with van der Waals surface area (Å²) in [6.45, 7) is 14.8. The Morgan fingerprint density at radius 2 is 1.43 bits per heavy atom. The summed E-state index contributed by atoms with van der Waals surface area (Å²) in [5.41, 5.74) is 18.0. The van der Waals surface area contributed by atoms with Gasteiger partial charge in [-0.15, -0.1) is 0 Å². The number of aliphatic imine (C=N–C) groups is 1. The molecule has 0 bridgehead atoms. The van der Waals surface area contributed by atoms with E-state index in [-0.39, 0.29) is 75.9 Å². The fourth-order valence-electron chi connectivity index (χ4n) is 15.6. The van der Waals surface area contributed by atoms with Crippen LogP contribution in [0.15, 0.2) is 269 Å². The molecule has 6 aliphatic rings. The molecule has 0 saturated carbocycles. The largest absolute Gasteiger partial charge is 0.494 e. The second kappa shape index (κ2) is 41.8. The van der Waals surface area contributed by atoms with E-state index in [1.165, 1.54) is 45.8 Å². The molecule has 129 heavy (non-hydrogen) atoms. The van der Waals surface area contributed by atoms with E-state index in [0.717, 1.165) is 108 Å². The molecule has 6 amide bonds. The van der Waals surface area contributed by atoms with Crippen LogP contribution in [-0.2, 0) is 41.7 Å². The first kappa shape index (κ1) is 90.8. The number of aromatic nitrogens is 3. The highest BCUT2D eigenvalue weighted by Gasteiger charge is 2.44. The Morgan fingerprint density at radius 1 is 0.744 bits per heavy atom. The van der Waals surface area contributed by atoms with Crippen molar-refractivity contribution < 1.29 is 62.6 Å². The number of piperidine rings is 1. The Hall–Kier alpha value is -14.5. The van der Waals surface area contributed by atoms with Gasteiger partial charge in [0.25, 0.3) is 28.6 Å². The number of nitrogens with one attached hydrogen (secondary N) is 4. The molecule has 4 fully saturated rings. The topological polar surface area (TPSA) is 371 Å². The van der Waals surface area contributed by atoms with Gasteiger partial charge in [-0.1, -0.05) is 183 Å². The number of benzene rings is 10. The Balaban J connectivity index is 0.000000133. The Labute approximate surface area is 755 Å². The van der Waals surface area contributed by atoms with Gasteiger partial charge in [0, 0.05) is 116 Å². The quantitative estimate of drug-likeness (QED) is 0.0182. The molecule has 18 rings (SSSR count). The predicted octanol–water partition coefficient (Wildman–Crippen LogP) is 19.2. The van der Waals surface area contributed by atoms with E-state index in [4.69, 9.17) is 42.4 Å². The molecule has 6 aliphatic heterocycles. The number of carbonyl (C=O) groups excluding carboxylic acids is 6. The number of nitro groups is 2. The zero-order valence-corrected chi connectivity index (χ0v) is 73.0. The van der Waals surface area contributed by atoms with Crippen molar-refractivity contribution in [3.63, 3.8) is 0 Å². The highest BCUT2D eigenvalue weighted by Crippen LogP contribution is 2.40. The number of hydrazone groups is 1. The SMILES string of the molecule is C=C1C/C(=C\c2ccc(CC)cc2)C(=O)N1.CC(CN1C(=O)CSC1=O)Cn1c2ccc(Cl)cc2c2cc(Cl)ccc21.CCCOc1ccc(N2C(=O)CC(N3CCC(C(=O)O)CC3)C2=O)cc1.Cc1ccc2c(c1)/C(=N/NC1C=C(C(=O)Nc3cccc([N+](=O)[O-])c3)C=N1)CC(c1ccccc1)O2.O=[N+]([O-])c1ccc(Nc2ccccc2-c2ccccc2)c2nonc12. The normalized spacial score (nSPS) is 17.4. The zero-order valence-electron chi connectivity index (χ0n) is 70.7. The third-order valence-corrected chi connectivity index (χ3v) is 23.4. The summed E-state index contributed by atoms with van der Waals surface area (Å²) in [5, 5.41) is 55.2. The van der Waals surface area contributed by atoms with E-state index >= 15 is 0 Å². The number of allylic oxidation sites excluding steroid dienone is 1. The smallest absolute Gasteiger partial charge is 0.306 e. The molecule has 4 saturated heterocycles. The monoisotopic (exact) mass is 1790 g/mol. The lowest BCUT2D eigenvalue weighted by Gasteiger charge is -2.33. The maximum absolute atomic E-state index is 12.8. The Morgan fingerprint density at radius 3 is 2.09 bits per heavy atom. The van der Waals surface area contributed by atoms with Gasteiger partial charge >= 0.3 is 11.7 Å². The maximum atomic E-state index is 12.8. The van der Waals surface area contributed by atoms with E-state index in [9.17, 15) is 53.8 Å². The maximum Gasteiger partial charge on any atom is 0.306 e. The molecule has 658 valence electrons. The molecule has 4 unspecified atom stereocenters. The van der Waals surface area contributed by atoms with Crippen LogP contribution in [0.4, 0.5) is 38.9 Å². The summed E-state index contributed by atoms with van der Waals surface area (Å²) in [6.07, 6.45) is 8.67. The molecule has 0 spiro atoms. The van der Waals surface area contributed by atoms with Gasteiger partial charge in [0.05, 0.1) is 63.2 Å². The van der Waals surface area contributed by atoms with Gasteiger partial charge in [-0.05, 0) is 187 Å². The number of nitro benzene ring substituents is 2. The van der Waals surface area contributed by atoms with Crippen LogP contribution in [0, 0.1) is 39.0 Å². The first-order chi connectivity index (χ1) is 62.3. The number of hydrogen-bond acceptors (Lipinski definition) is 22. The van der Waals surface area contributed by atoms with E-state index in [2.05, 4.69) is 72.0 Å². The molecule has 0 aliphatic carbocycles. The molecule has 10 aromatic carbocycles. The number of carbonyl (C=O) groups is 7. The molecule has 4 atom stereocenters. The van der Waals surface area contributed by atoms with E-state index < -0.39 is 33.9 Å². The zero-order chi connectivity index (χ0) is 90.9. The number of para-hydroxylation sites is 1. The number of anilines is 4. The van der Waals surface area contributed by atoms with Gasteiger partial charge in [0.15, 0.2) is 11.7 Å². The van der Waals surface area contributed by atoms with Crippen LogP contribution in [-0.4, -0.2) is 137 Å². The van der Waals surface area contributed by atoms with Crippen molar-refractivity contribution >= 4 is 161 Å². The molecule has 0 radical (unpaired) electrons. The van der Waals surface area contributed by atoms with Crippen molar-refractivity contribution in [2.24, 2.45) is 21.9 Å². The number of carboxylic acid groups (broad SMARTS) is 1. The summed E-state index contributed by atoms with van der Waals surface area (Å²) in [4.78, 5) is 114. The highest BCUT2D eigenvalue weighted by molar-refractivity contribution is 8.14. The van der Waals surface area contributed by atoms with Crippen LogP contribution in [0.25, 0.3) is 50.0 Å². The number of hydrogen-bond donors (Lipinski definition) is 5. The van der Waals surface area contributed by atoms with Gasteiger partial charge in [0.2, 0.25) is 17.3 Å². The van der Waals surface area contributed by atoms with Crippen LogP contribution in [0.3, 0.4) is 0 Å². The van der Waals surface area contributed by atoms with Crippen molar-refractivity contribution in [2.75, 3.05) is 47.5 Å². The average molecular weight is 1790 g/mol. The predicted molar refractivity (Wildman–Crippen MR) is 500 cm³/mol. The number of likely N-dealkylation sites (tertiary alicyclic amines) is 1. The van der Waals surface area contributed by atoms with Gasteiger partial charge in [-0.2, -0.15) is 5.10 Å². The van der Waals surface area contributed by atoms with Crippen LogP contribution in [0.5, 0.6) is 11.5 Å². The summed E-state index contributed by atoms with van der Waals surface area (Å²) in [7, 11) is 0.